The number of methoxy groups -OCH3 is 2. The normalized spacial score (nSPS) is 15.6. The van der Waals surface area contributed by atoms with Crippen LogP contribution in [0.5, 0.6) is 11.5 Å². The monoisotopic (exact) mass is 362 g/mol. The summed E-state index contributed by atoms with van der Waals surface area (Å²) in [5, 5.41) is 0. The summed E-state index contributed by atoms with van der Waals surface area (Å²) in [5.41, 5.74) is 2.49. The van der Waals surface area contributed by atoms with Gasteiger partial charge in [-0.25, -0.2) is 0 Å². The van der Waals surface area contributed by atoms with E-state index in [2.05, 4.69) is 34.1 Å². The quantitative estimate of drug-likeness (QED) is 0.803. The fourth-order valence-electron chi connectivity index (χ4n) is 2.48. The maximum absolute atomic E-state index is 5.24. The van der Waals surface area contributed by atoms with E-state index >= 15 is 0 Å². The summed E-state index contributed by atoms with van der Waals surface area (Å²) in [6.45, 7) is 0. The second kappa shape index (κ2) is 8.44. The maximum Gasteiger partial charge on any atom is 0.119 e. The molecule has 1 heterocycles. The van der Waals surface area contributed by atoms with E-state index in [1.54, 1.807) is 14.2 Å². The Kier molecular flexibility index (Phi) is 6.04. The molecule has 4 nitrogen and oxygen atoms in total. The molecule has 2 aromatic rings. The number of hydrogen-bond donors (Lipinski definition) is 0. The van der Waals surface area contributed by atoms with Crippen molar-refractivity contribution in [1.29, 1.82) is 0 Å². The minimum Gasteiger partial charge on any atom is -0.497 e. The van der Waals surface area contributed by atoms with Crippen molar-refractivity contribution in [3.63, 3.8) is 0 Å². The molecule has 1 fully saturated rings. The highest BCUT2D eigenvalue weighted by Crippen LogP contribution is 2.29. The summed E-state index contributed by atoms with van der Waals surface area (Å²) < 4.78 is 10.5. The molecule has 1 aliphatic rings. The lowest BCUT2D eigenvalue weighted by atomic mass is 10.3. The minimum absolute atomic E-state index is 0.900. The van der Waals surface area contributed by atoms with Crippen molar-refractivity contribution >= 4 is 34.9 Å². The maximum atomic E-state index is 5.24. The van der Waals surface area contributed by atoms with Gasteiger partial charge in [-0.05, 0) is 48.5 Å². The first-order valence-electron chi connectivity index (χ1n) is 7.73. The van der Waals surface area contributed by atoms with Crippen molar-refractivity contribution < 1.29 is 9.47 Å². The second-order valence-electron chi connectivity index (χ2n) is 5.40. The number of nitrogens with zero attached hydrogens (tertiary/aromatic N) is 2. The lowest BCUT2D eigenvalue weighted by Crippen LogP contribution is -2.31. The Morgan fingerprint density at radius 2 is 0.958 bits per heavy atom. The van der Waals surface area contributed by atoms with Crippen LogP contribution in [0, 0.1) is 0 Å². The predicted molar refractivity (Wildman–Crippen MR) is 106 cm³/mol. The average Bonchev–Trinajstić information content (AvgIpc) is 2.62. The van der Waals surface area contributed by atoms with Crippen molar-refractivity contribution in [2.24, 2.45) is 0 Å². The molecule has 128 valence electrons. The number of anilines is 2. The fourth-order valence-corrected chi connectivity index (χ4v) is 4.72. The fraction of sp³-hybridized carbons (Fsp3) is 0.333. The molecule has 1 saturated heterocycles. The van der Waals surface area contributed by atoms with Crippen molar-refractivity contribution in [3.8, 4) is 11.5 Å². The lowest BCUT2D eigenvalue weighted by molar-refractivity contribution is 0.414. The van der Waals surface area contributed by atoms with Gasteiger partial charge in [0.05, 0.1) is 37.7 Å². The van der Waals surface area contributed by atoms with E-state index in [0.29, 0.717) is 0 Å². The van der Waals surface area contributed by atoms with E-state index in [4.69, 9.17) is 9.47 Å². The first-order valence-corrected chi connectivity index (χ1v) is 10.0. The summed E-state index contributed by atoms with van der Waals surface area (Å²) in [6, 6.07) is 16.6. The summed E-state index contributed by atoms with van der Waals surface area (Å²) in [4.78, 5) is 4.81. The van der Waals surface area contributed by atoms with Crippen LogP contribution in [0.25, 0.3) is 0 Å². The zero-order valence-electron chi connectivity index (χ0n) is 14.0. The Bertz CT molecular complexity index is 569. The standard InChI is InChI=1S/C18H22N2O2S2/c1-21-17-7-3-15(4-8-17)19-11-23-13-20(14-24-12-19)16-5-9-18(22-2)10-6-16/h3-10H,11-14H2,1-2H3. The van der Waals surface area contributed by atoms with Crippen LogP contribution in [0.2, 0.25) is 0 Å². The first kappa shape index (κ1) is 17.2. The van der Waals surface area contributed by atoms with Crippen LogP contribution in [0.1, 0.15) is 0 Å². The Balaban J connectivity index is 1.60. The molecule has 0 bridgehead atoms. The largest absolute Gasteiger partial charge is 0.497 e. The number of rotatable bonds is 4. The SMILES string of the molecule is COc1ccc(N2CSCN(c3ccc(OC)cc3)CSC2)cc1. The van der Waals surface area contributed by atoms with Crippen molar-refractivity contribution in [1.82, 2.24) is 0 Å². The summed E-state index contributed by atoms with van der Waals surface area (Å²) in [5.74, 6) is 5.71. The molecule has 0 spiro atoms. The molecule has 24 heavy (non-hydrogen) atoms. The molecule has 0 aliphatic carbocycles. The zero-order chi connectivity index (χ0) is 16.8. The number of thioether (sulfide) groups is 2. The highest BCUT2D eigenvalue weighted by Gasteiger charge is 2.14. The van der Waals surface area contributed by atoms with Crippen LogP contribution in [0.4, 0.5) is 11.4 Å². The summed E-state index contributed by atoms with van der Waals surface area (Å²) in [6.07, 6.45) is 0. The van der Waals surface area contributed by atoms with Crippen LogP contribution in [-0.2, 0) is 0 Å². The van der Waals surface area contributed by atoms with Gasteiger partial charge in [-0.15, -0.1) is 23.5 Å². The van der Waals surface area contributed by atoms with Gasteiger partial charge < -0.3 is 19.3 Å². The third-order valence-corrected chi connectivity index (χ3v) is 5.84. The van der Waals surface area contributed by atoms with E-state index in [1.807, 2.05) is 47.8 Å². The second-order valence-corrected chi connectivity index (χ2v) is 7.25. The van der Waals surface area contributed by atoms with Gasteiger partial charge in [-0.3, -0.25) is 0 Å². The number of benzene rings is 2. The van der Waals surface area contributed by atoms with E-state index in [9.17, 15) is 0 Å². The molecule has 0 unspecified atom stereocenters. The molecule has 1 aliphatic heterocycles. The van der Waals surface area contributed by atoms with E-state index in [0.717, 1.165) is 35.0 Å². The van der Waals surface area contributed by atoms with Crippen LogP contribution < -0.4 is 19.3 Å². The third kappa shape index (κ3) is 4.24. The number of hydrogen-bond acceptors (Lipinski definition) is 6. The Labute approximate surface area is 152 Å². The molecular weight excluding hydrogens is 340 g/mol. The molecule has 6 heteroatoms. The van der Waals surface area contributed by atoms with Gasteiger partial charge in [-0.1, -0.05) is 0 Å². The van der Waals surface area contributed by atoms with Gasteiger partial charge in [0.1, 0.15) is 11.5 Å². The molecule has 0 radical (unpaired) electrons. The van der Waals surface area contributed by atoms with E-state index in [-0.39, 0.29) is 0 Å². The van der Waals surface area contributed by atoms with Crippen LogP contribution >= 0.6 is 23.5 Å². The van der Waals surface area contributed by atoms with Crippen molar-refractivity contribution in [2.75, 3.05) is 47.5 Å². The van der Waals surface area contributed by atoms with E-state index in [1.165, 1.54) is 11.4 Å². The molecule has 0 atom stereocenters. The molecule has 0 saturated carbocycles. The molecule has 3 rings (SSSR count). The van der Waals surface area contributed by atoms with E-state index < -0.39 is 0 Å². The molecule has 0 amide bonds. The van der Waals surface area contributed by atoms with Gasteiger partial charge in [0.25, 0.3) is 0 Å². The van der Waals surface area contributed by atoms with Gasteiger partial charge in [0, 0.05) is 11.4 Å². The average molecular weight is 363 g/mol. The van der Waals surface area contributed by atoms with Crippen LogP contribution in [0.15, 0.2) is 48.5 Å². The highest BCUT2D eigenvalue weighted by molar-refractivity contribution is 8.01. The lowest BCUT2D eigenvalue weighted by Gasteiger charge is -2.32. The third-order valence-electron chi connectivity index (χ3n) is 3.86. The summed E-state index contributed by atoms with van der Waals surface area (Å²) >= 11 is 3.86. The molecule has 2 aromatic carbocycles. The minimum atomic E-state index is 0.900. The highest BCUT2D eigenvalue weighted by atomic mass is 32.2. The van der Waals surface area contributed by atoms with Gasteiger partial charge in [0.2, 0.25) is 0 Å². The molecule has 0 aromatic heterocycles. The molecular formula is C18H22N2O2S2. The van der Waals surface area contributed by atoms with Gasteiger partial charge in [-0.2, -0.15) is 0 Å². The Morgan fingerprint density at radius 1 is 0.625 bits per heavy atom. The number of ether oxygens (including phenoxy) is 2. The summed E-state index contributed by atoms with van der Waals surface area (Å²) in [7, 11) is 3.40. The smallest absolute Gasteiger partial charge is 0.119 e. The van der Waals surface area contributed by atoms with Gasteiger partial charge >= 0.3 is 0 Å². The van der Waals surface area contributed by atoms with Crippen LogP contribution in [-0.4, -0.2) is 37.7 Å². The van der Waals surface area contributed by atoms with Gasteiger partial charge in [0.15, 0.2) is 0 Å². The topological polar surface area (TPSA) is 24.9 Å². The Morgan fingerprint density at radius 3 is 1.25 bits per heavy atom. The first-order chi connectivity index (χ1) is 11.8. The van der Waals surface area contributed by atoms with Crippen molar-refractivity contribution in [3.05, 3.63) is 48.5 Å². The van der Waals surface area contributed by atoms with Crippen LogP contribution in [0.3, 0.4) is 0 Å². The molecule has 0 N–H and O–H groups in total. The predicted octanol–water partition coefficient (Wildman–Crippen LogP) is 4.33. The van der Waals surface area contributed by atoms with Crippen molar-refractivity contribution in [2.45, 2.75) is 0 Å². The Hall–Kier alpha value is -1.66. The zero-order valence-corrected chi connectivity index (χ0v) is 15.6.